The number of nitrogens with one attached hydrogen (secondary N) is 1. The maximum absolute atomic E-state index is 12.5. The first-order valence-electron chi connectivity index (χ1n) is 8.20. The van der Waals surface area contributed by atoms with Crippen LogP contribution < -0.4 is 10.2 Å². The van der Waals surface area contributed by atoms with E-state index in [4.69, 9.17) is 5.26 Å². The number of anilines is 1. The summed E-state index contributed by atoms with van der Waals surface area (Å²) in [6.45, 7) is 1.34. The van der Waals surface area contributed by atoms with Gasteiger partial charge in [0.1, 0.15) is 6.07 Å². The zero-order valence-corrected chi connectivity index (χ0v) is 13.9. The fourth-order valence-electron chi connectivity index (χ4n) is 2.88. The van der Waals surface area contributed by atoms with Crippen molar-refractivity contribution in [2.75, 3.05) is 18.0 Å². The molecule has 2 heterocycles. The number of carbonyl (C=O) groups excluding carboxylic acids is 1. The summed E-state index contributed by atoms with van der Waals surface area (Å²) in [5.41, 5.74) is 0.902. The highest BCUT2D eigenvalue weighted by Gasteiger charge is 2.25. The van der Waals surface area contributed by atoms with E-state index in [1.54, 1.807) is 24.3 Å². The van der Waals surface area contributed by atoms with Crippen LogP contribution in [0.4, 0.5) is 14.6 Å². The topological polar surface area (TPSA) is 81.9 Å². The number of hydrogen-bond acceptors (Lipinski definition) is 5. The van der Waals surface area contributed by atoms with Crippen LogP contribution in [-0.4, -0.2) is 35.2 Å². The van der Waals surface area contributed by atoms with E-state index in [1.165, 1.54) is 12.1 Å². The van der Waals surface area contributed by atoms with Crippen molar-refractivity contribution in [3.8, 4) is 6.07 Å². The predicted molar refractivity (Wildman–Crippen MR) is 90.6 cm³/mol. The minimum Gasteiger partial charge on any atom is -0.353 e. The van der Waals surface area contributed by atoms with E-state index < -0.39 is 6.43 Å². The Balaban J connectivity index is 1.51. The molecular formula is C18H17F2N5O. The van der Waals surface area contributed by atoms with Crippen LogP contribution in [-0.2, 0) is 11.2 Å². The SMILES string of the molecule is N#Cc1ccc(N2CCC(NC(=O)Cc3ccc(C(F)F)cc3)C2)nn1. The molecule has 1 N–H and O–H groups in total. The molecule has 6 nitrogen and oxygen atoms in total. The molecule has 2 aromatic rings. The number of amides is 1. The first kappa shape index (κ1) is 17.7. The molecule has 1 fully saturated rings. The molecule has 1 aromatic carbocycles. The van der Waals surface area contributed by atoms with Gasteiger partial charge in [0.15, 0.2) is 11.5 Å². The van der Waals surface area contributed by atoms with Crippen molar-refractivity contribution < 1.29 is 13.6 Å². The molecule has 1 aliphatic heterocycles. The minimum absolute atomic E-state index is 0.0136. The second-order valence-corrected chi connectivity index (χ2v) is 6.11. The number of nitrogens with zero attached hydrogens (tertiary/aromatic N) is 4. The molecule has 1 unspecified atom stereocenters. The molecular weight excluding hydrogens is 340 g/mol. The Hall–Kier alpha value is -3.08. The molecule has 0 radical (unpaired) electrons. The van der Waals surface area contributed by atoms with Crippen LogP contribution >= 0.6 is 0 Å². The molecule has 1 saturated heterocycles. The number of benzene rings is 1. The Kier molecular flexibility index (Phi) is 5.37. The summed E-state index contributed by atoms with van der Waals surface area (Å²) < 4.78 is 25.1. The van der Waals surface area contributed by atoms with Gasteiger partial charge in [-0.2, -0.15) is 5.26 Å². The lowest BCUT2D eigenvalue weighted by Gasteiger charge is -2.17. The van der Waals surface area contributed by atoms with Crippen LogP contribution in [0.2, 0.25) is 0 Å². The van der Waals surface area contributed by atoms with Crippen LogP contribution in [0.5, 0.6) is 0 Å². The standard InChI is InChI=1S/C18H17F2N5O/c19-18(20)13-3-1-12(2-4-13)9-17(26)22-15-7-8-25(11-15)16-6-5-14(10-21)23-24-16/h1-6,15,18H,7-9,11H2,(H,22,26). The van der Waals surface area contributed by atoms with Gasteiger partial charge in [0, 0.05) is 24.7 Å². The second-order valence-electron chi connectivity index (χ2n) is 6.11. The number of hydrogen-bond donors (Lipinski definition) is 1. The number of rotatable bonds is 5. The highest BCUT2D eigenvalue weighted by atomic mass is 19.3. The second kappa shape index (κ2) is 7.87. The van der Waals surface area contributed by atoms with E-state index in [2.05, 4.69) is 15.5 Å². The molecule has 134 valence electrons. The quantitative estimate of drug-likeness (QED) is 0.887. The van der Waals surface area contributed by atoms with Crippen molar-refractivity contribution in [2.45, 2.75) is 25.3 Å². The summed E-state index contributed by atoms with van der Waals surface area (Å²) >= 11 is 0. The number of alkyl halides is 2. The third kappa shape index (κ3) is 4.30. The average molecular weight is 357 g/mol. The lowest BCUT2D eigenvalue weighted by atomic mass is 10.1. The van der Waals surface area contributed by atoms with Crippen LogP contribution in [0.15, 0.2) is 36.4 Å². The lowest BCUT2D eigenvalue weighted by Crippen LogP contribution is -2.38. The highest BCUT2D eigenvalue weighted by Crippen LogP contribution is 2.19. The first-order chi connectivity index (χ1) is 12.5. The van der Waals surface area contributed by atoms with Crippen molar-refractivity contribution in [3.05, 3.63) is 53.2 Å². The molecule has 8 heteroatoms. The van der Waals surface area contributed by atoms with Gasteiger partial charge in [0.2, 0.25) is 5.91 Å². The summed E-state index contributed by atoms with van der Waals surface area (Å²) in [6, 6.07) is 11.0. The summed E-state index contributed by atoms with van der Waals surface area (Å²) in [7, 11) is 0. The third-order valence-corrected chi connectivity index (χ3v) is 4.24. The van der Waals surface area contributed by atoms with Gasteiger partial charge in [-0.3, -0.25) is 4.79 Å². The van der Waals surface area contributed by atoms with Gasteiger partial charge in [0.05, 0.1) is 6.42 Å². The fourth-order valence-corrected chi connectivity index (χ4v) is 2.88. The Labute approximate surface area is 149 Å². The number of nitriles is 1. The van der Waals surface area contributed by atoms with E-state index in [0.717, 1.165) is 13.0 Å². The number of halogens is 2. The van der Waals surface area contributed by atoms with Gasteiger partial charge in [-0.15, -0.1) is 10.2 Å². The molecule has 1 aromatic heterocycles. The largest absolute Gasteiger partial charge is 0.353 e. The normalized spacial score (nSPS) is 16.5. The Morgan fingerprint density at radius 3 is 2.65 bits per heavy atom. The number of aromatic nitrogens is 2. The van der Waals surface area contributed by atoms with Gasteiger partial charge >= 0.3 is 0 Å². The van der Waals surface area contributed by atoms with Crippen molar-refractivity contribution in [1.29, 1.82) is 5.26 Å². The van der Waals surface area contributed by atoms with Gasteiger partial charge < -0.3 is 10.2 Å². The molecule has 3 rings (SSSR count). The number of carbonyl (C=O) groups is 1. The zero-order valence-electron chi connectivity index (χ0n) is 13.9. The van der Waals surface area contributed by atoms with Gasteiger partial charge in [0.25, 0.3) is 6.43 Å². The third-order valence-electron chi connectivity index (χ3n) is 4.24. The van der Waals surface area contributed by atoms with Crippen LogP contribution in [0.3, 0.4) is 0 Å². The van der Waals surface area contributed by atoms with Crippen LogP contribution in [0, 0.1) is 11.3 Å². The van der Waals surface area contributed by atoms with Crippen LogP contribution in [0.25, 0.3) is 0 Å². The summed E-state index contributed by atoms with van der Waals surface area (Å²) in [5.74, 6) is 0.524. The summed E-state index contributed by atoms with van der Waals surface area (Å²) in [5, 5.41) is 19.5. The van der Waals surface area contributed by atoms with E-state index in [1.807, 2.05) is 11.0 Å². The monoisotopic (exact) mass is 357 g/mol. The Bertz CT molecular complexity index is 802. The molecule has 0 bridgehead atoms. The molecule has 1 atom stereocenters. The van der Waals surface area contributed by atoms with Crippen molar-refractivity contribution in [1.82, 2.24) is 15.5 Å². The van der Waals surface area contributed by atoms with Gasteiger partial charge in [-0.1, -0.05) is 24.3 Å². The molecule has 1 amide bonds. The summed E-state index contributed by atoms with van der Waals surface area (Å²) in [4.78, 5) is 14.2. The summed E-state index contributed by atoms with van der Waals surface area (Å²) in [6.07, 6.45) is -1.58. The van der Waals surface area contributed by atoms with E-state index in [0.29, 0.717) is 17.9 Å². The molecule has 0 aliphatic carbocycles. The van der Waals surface area contributed by atoms with E-state index in [9.17, 15) is 13.6 Å². The van der Waals surface area contributed by atoms with Gasteiger partial charge in [-0.25, -0.2) is 8.78 Å². The van der Waals surface area contributed by atoms with Crippen molar-refractivity contribution in [2.24, 2.45) is 0 Å². The zero-order chi connectivity index (χ0) is 18.5. The molecule has 26 heavy (non-hydrogen) atoms. The Morgan fingerprint density at radius 2 is 2.04 bits per heavy atom. The average Bonchev–Trinajstić information content (AvgIpc) is 3.10. The van der Waals surface area contributed by atoms with Gasteiger partial charge in [-0.05, 0) is 24.1 Å². The van der Waals surface area contributed by atoms with Crippen LogP contribution in [0.1, 0.15) is 29.7 Å². The van der Waals surface area contributed by atoms with E-state index in [-0.39, 0.29) is 29.6 Å². The van der Waals surface area contributed by atoms with E-state index >= 15 is 0 Å². The first-order valence-corrected chi connectivity index (χ1v) is 8.20. The highest BCUT2D eigenvalue weighted by molar-refractivity contribution is 5.79. The van der Waals surface area contributed by atoms with Crippen molar-refractivity contribution >= 4 is 11.7 Å². The molecule has 0 spiro atoms. The van der Waals surface area contributed by atoms with Crippen molar-refractivity contribution in [3.63, 3.8) is 0 Å². The smallest absolute Gasteiger partial charge is 0.263 e. The predicted octanol–water partition coefficient (Wildman–Crippen LogP) is 2.22. The molecule has 0 saturated carbocycles. The minimum atomic E-state index is -2.51. The maximum Gasteiger partial charge on any atom is 0.263 e. The molecule has 1 aliphatic rings. The maximum atomic E-state index is 12.5. The lowest BCUT2D eigenvalue weighted by molar-refractivity contribution is -0.121. The Morgan fingerprint density at radius 1 is 1.27 bits per heavy atom. The fraction of sp³-hybridized carbons (Fsp3) is 0.333.